The summed E-state index contributed by atoms with van der Waals surface area (Å²) in [7, 11) is 0. The van der Waals surface area contributed by atoms with Gasteiger partial charge in [-0.3, -0.25) is 4.90 Å². The second-order valence-electron chi connectivity index (χ2n) is 69.5. The van der Waals surface area contributed by atoms with E-state index in [-0.39, 0.29) is 5.41 Å². The average molecular weight is 2040 g/mol. The summed E-state index contributed by atoms with van der Waals surface area (Å²) in [6.45, 7) is 164. The lowest BCUT2D eigenvalue weighted by molar-refractivity contribution is -0.0345. The van der Waals surface area contributed by atoms with Crippen molar-refractivity contribution in [3.63, 3.8) is 0 Å². The van der Waals surface area contributed by atoms with E-state index >= 15 is 0 Å². The molecule has 0 bridgehead atoms. The summed E-state index contributed by atoms with van der Waals surface area (Å²) in [6, 6.07) is 0. The molecule has 0 amide bonds. The van der Waals surface area contributed by atoms with Crippen LogP contribution in [0.25, 0.3) is 0 Å². The van der Waals surface area contributed by atoms with Gasteiger partial charge in [0.25, 0.3) is 0 Å². The van der Waals surface area contributed by atoms with Gasteiger partial charge >= 0.3 is 0 Å². The zero-order valence-corrected chi connectivity index (χ0v) is 111. The van der Waals surface area contributed by atoms with Crippen LogP contribution >= 0.6 is 0 Å². The third-order valence-corrected chi connectivity index (χ3v) is 33.5. The number of allylic oxidation sites excluding steroid dienone is 1. The van der Waals surface area contributed by atoms with E-state index in [1.54, 1.807) is 0 Å². The third kappa shape index (κ3) is 75.7. The number of rotatable bonds is 39. The SMILES string of the molecule is C=C(NCCNCCCCCCCC(C)(C)C)C(C)(C)C.CC(C)(C)C1CN(C(C)(C)C)C1.CC(C)(C)CCCCCCCN1CC(C(C)(C)C)C1.CC(C)(C)CCCCCCN1CC(C(C)(C)C)C1.CC(C)(C)CCCCCN1CC(C(C)(C)C)C1.CC(C)(C)CCCCN1CC(C(C)(C)C)C1.CC(C)(C)CCCN1CC(C(C)(C)C)C1.CC(C)(C)CCN1CC(C(C)(C)C)C1.CC(C)(C)CN1CC(C(C)(C)C)C1. The summed E-state index contributed by atoms with van der Waals surface area (Å²) in [4.78, 5) is 20.9. The molecule has 8 rings (SSSR count). The molecule has 145 heavy (non-hydrogen) atoms. The predicted molar refractivity (Wildman–Crippen MR) is 660 cm³/mol. The van der Waals surface area contributed by atoms with E-state index in [0.717, 1.165) is 72.7 Å². The number of likely N-dealkylation sites (tertiary alicyclic amines) is 8. The first kappa shape index (κ1) is 144. The van der Waals surface area contributed by atoms with E-state index in [9.17, 15) is 0 Å². The second-order valence-corrected chi connectivity index (χ2v) is 69.5. The maximum absolute atomic E-state index is 4.08. The van der Waals surface area contributed by atoms with Gasteiger partial charge in [0.15, 0.2) is 0 Å². The van der Waals surface area contributed by atoms with Gasteiger partial charge in [-0.25, -0.2) is 0 Å². The van der Waals surface area contributed by atoms with Gasteiger partial charge in [-0.05, 0) is 284 Å². The van der Waals surface area contributed by atoms with Crippen LogP contribution in [-0.4, -0.2) is 215 Å². The molecular formula is C135H280N10. The first-order valence-electron chi connectivity index (χ1n) is 62.1. The minimum Gasteiger partial charge on any atom is -0.387 e. The van der Waals surface area contributed by atoms with E-state index in [1.165, 1.54) is 324 Å². The quantitative estimate of drug-likeness (QED) is 0.0582. The molecule has 0 aromatic heterocycles. The summed E-state index contributed by atoms with van der Waals surface area (Å²) in [6.07, 6.45) is 37.5. The fraction of sp³-hybridized carbons (Fsp3) is 0.985. The highest BCUT2D eigenvalue weighted by atomic mass is 15.3. The zero-order chi connectivity index (χ0) is 113. The van der Waals surface area contributed by atoms with Crippen LogP contribution in [0.3, 0.4) is 0 Å². The third-order valence-electron chi connectivity index (χ3n) is 33.5. The van der Waals surface area contributed by atoms with E-state index in [2.05, 4.69) is 430 Å². The zero-order valence-electron chi connectivity index (χ0n) is 111. The maximum atomic E-state index is 4.08. The number of nitrogens with one attached hydrogen (secondary N) is 2. The fourth-order valence-electron chi connectivity index (χ4n) is 19.8. The summed E-state index contributed by atoms with van der Waals surface area (Å²) in [5.41, 5.74) is 9.83. The van der Waals surface area contributed by atoms with Gasteiger partial charge in [-0.2, -0.15) is 0 Å². The lowest BCUT2D eigenvalue weighted by atomic mass is 9.74. The van der Waals surface area contributed by atoms with Gasteiger partial charge in [-0.15, -0.1) is 0 Å². The Morgan fingerprint density at radius 2 is 0.372 bits per heavy atom. The van der Waals surface area contributed by atoms with E-state index in [1.807, 2.05) is 0 Å². The van der Waals surface area contributed by atoms with Crippen LogP contribution in [0, 0.1) is 139 Å². The Kier molecular flexibility index (Phi) is 63.3. The van der Waals surface area contributed by atoms with Crippen molar-refractivity contribution in [1.82, 2.24) is 49.8 Å². The normalized spacial score (nSPS) is 19.0. The highest BCUT2D eigenvalue weighted by Crippen LogP contribution is 2.43. The van der Waals surface area contributed by atoms with Gasteiger partial charge in [0, 0.05) is 141 Å². The highest BCUT2D eigenvalue weighted by molar-refractivity contribution is 5.03. The largest absolute Gasteiger partial charge is 0.387 e. The molecule has 0 radical (unpaired) electrons. The Morgan fingerprint density at radius 1 is 0.186 bits per heavy atom. The van der Waals surface area contributed by atoms with Crippen LogP contribution in [0.15, 0.2) is 12.3 Å². The van der Waals surface area contributed by atoms with Crippen molar-refractivity contribution in [1.29, 1.82) is 0 Å². The summed E-state index contributed by atoms with van der Waals surface area (Å²) >= 11 is 0. The predicted octanol–water partition coefficient (Wildman–Crippen LogP) is 37.1. The van der Waals surface area contributed by atoms with Crippen LogP contribution < -0.4 is 10.6 Å². The minimum absolute atomic E-state index is 0.160. The maximum Gasteiger partial charge on any atom is 0.0269 e. The summed E-state index contributed by atoms with van der Waals surface area (Å²) < 4.78 is 0. The minimum atomic E-state index is 0.160. The molecule has 0 aromatic carbocycles. The van der Waals surface area contributed by atoms with E-state index in [0.29, 0.717) is 92.2 Å². The van der Waals surface area contributed by atoms with Crippen LogP contribution in [-0.2, 0) is 0 Å². The number of hydrogen-bond acceptors (Lipinski definition) is 10. The smallest absolute Gasteiger partial charge is 0.0269 e. The topological polar surface area (TPSA) is 50.0 Å². The first-order valence-corrected chi connectivity index (χ1v) is 62.1. The second kappa shape index (κ2) is 63.7. The van der Waals surface area contributed by atoms with Gasteiger partial charge in [-0.1, -0.05) is 450 Å². The molecule has 8 heterocycles. The van der Waals surface area contributed by atoms with Crippen molar-refractivity contribution in [2.24, 2.45) is 139 Å². The van der Waals surface area contributed by atoms with Crippen LogP contribution in [0.5, 0.6) is 0 Å². The van der Waals surface area contributed by atoms with Gasteiger partial charge in [0.2, 0.25) is 0 Å². The molecular weight excluding hydrogens is 1760 g/mol. The van der Waals surface area contributed by atoms with Crippen LogP contribution in [0.1, 0.15) is 547 Å². The molecule has 10 nitrogen and oxygen atoms in total. The Bertz CT molecular complexity index is 3180. The Morgan fingerprint density at radius 3 is 0.600 bits per heavy atom. The molecule has 8 saturated heterocycles. The molecule has 0 unspecified atom stereocenters. The highest BCUT2D eigenvalue weighted by Gasteiger charge is 2.44. The van der Waals surface area contributed by atoms with Crippen molar-refractivity contribution in [2.45, 2.75) is 553 Å². The molecule has 0 aromatic rings. The molecule has 10 heteroatoms. The van der Waals surface area contributed by atoms with E-state index in [4.69, 9.17) is 0 Å². The molecule has 0 spiro atoms. The molecule has 870 valence electrons. The standard InChI is InChI=1S/C19H40N2.C18H37N.C17H35N.C16H33N.C15H31N.C14H29N.C13H27N.C12H25N.C11H23N/c1-17(19(5,6)7)21-16-15-20-14-12-10-8-9-11-13-18(2,3)4;1-17(2,3)12-10-8-7-9-11-13-19-14-16(15-19)18(4,5)6;1-16(2,3)11-9-7-8-10-12-18-13-15(14-18)17(4,5)6;1-15(2,3)10-8-7-9-11-17-12-14(13-17)16(4,5)6;1-14(2,3)9-7-8-10-16-11-13(12-16)15(4,5)6;1-13(2,3)8-7-9-15-10-12(11-15)14(4,5)6;1-12(2,3)7-8-14-9-11(10-14)13(4,5)6;1-11(2,3)9-13-7-10(8-13)12(4,5)6;1-10(2,3)9-7-12(8-9)11(4,5)6/h20-21H,1,8-16H2,2-7H3;16H,7-15H2,1-6H3;15H,7-14H2,1-6H3;14H,7-13H2,1-6H3;13H,7-12H2,1-6H3;12H,7-11H2,1-6H3;11H,7-10H2,1-6H3;10H,7-9H2,1-6H3;9H,7-8H2,1-6H3. The monoisotopic (exact) mass is 2040 g/mol. The number of unbranched alkanes of at least 4 members (excludes halogenated alkanes) is 14. The summed E-state index contributed by atoms with van der Waals surface area (Å²) in [5, 5.41) is 6.90. The molecule has 2 N–H and O–H groups in total. The lowest BCUT2D eigenvalue weighted by Gasteiger charge is -2.52. The molecule has 8 fully saturated rings. The molecule has 8 aliphatic heterocycles. The summed E-state index contributed by atoms with van der Waals surface area (Å²) in [5.74, 6) is 7.37. The number of hydrogen-bond donors (Lipinski definition) is 2. The van der Waals surface area contributed by atoms with Crippen molar-refractivity contribution < 1.29 is 0 Å². The van der Waals surface area contributed by atoms with Crippen LogP contribution in [0.2, 0.25) is 0 Å². The molecule has 0 atom stereocenters. The molecule has 0 aliphatic carbocycles. The average Bonchev–Trinajstić information content (AvgIpc) is 0.783. The Balaban J connectivity index is 0.00000162. The van der Waals surface area contributed by atoms with E-state index < -0.39 is 0 Å². The molecule has 8 aliphatic rings. The van der Waals surface area contributed by atoms with Crippen molar-refractivity contribution >= 4 is 0 Å². The fourth-order valence-corrected chi connectivity index (χ4v) is 19.8. The van der Waals surface area contributed by atoms with Crippen molar-refractivity contribution in [2.75, 3.05) is 170 Å². The molecule has 0 saturated carbocycles. The van der Waals surface area contributed by atoms with Crippen molar-refractivity contribution in [3.8, 4) is 0 Å². The number of nitrogens with zero attached hydrogens (tertiary/aromatic N) is 8. The van der Waals surface area contributed by atoms with Gasteiger partial charge in [0.1, 0.15) is 0 Å². The Hall–Kier alpha value is -0.820. The van der Waals surface area contributed by atoms with Crippen LogP contribution in [0.4, 0.5) is 0 Å². The van der Waals surface area contributed by atoms with Gasteiger partial charge < -0.3 is 44.9 Å². The first-order chi connectivity index (χ1) is 65.1. The van der Waals surface area contributed by atoms with Crippen molar-refractivity contribution in [3.05, 3.63) is 12.3 Å². The van der Waals surface area contributed by atoms with Gasteiger partial charge in [0.05, 0.1) is 0 Å². The Labute approximate surface area is 918 Å². The lowest BCUT2D eigenvalue weighted by Crippen LogP contribution is -2.59.